The van der Waals surface area contributed by atoms with Crippen molar-refractivity contribution in [2.75, 3.05) is 19.6 Å². The molecule has 4 nitrogen and oxygen atoms in total. The van der Waals surface area contributed by atoms with Crippen molar-refractivity contribution < 1.29 is 0 Å². The standard InChI is InChI=1S/C16H30N4/c1-5-9-17-14(15-18-10-13-19(15)6-2)16(3,4)20-11-7-8-12-20/h10,13-14,17H,5-9,11-12H2,1-4H3. The number of aromatic nitrogens is 2. The molecular weight excluding hydrogens is 248 g/mol. The molecule has 0 radical (unpaired) electrons. The highest BCUT2D eigenvalue weighted by molar-refractivity contribution is 5.09. The fourth-order valence-electron chi connectivity index (χ4n) is 3.27. The van der Waals surface area contributed by atoms with Crippen LogP contribution >= 0.6 is 0 Å². The number of nitrogens with one attached hydrogen (secondary N) is 1. The van der Waals surface area contributed by atoms with Gasteiger partial charge in [-0.1, -0.05) is 6.92 Å². The van der Waals surface area contributed by atoms with E-state index >= 15 is 0 Å². The molecule has 1 unspecified atom stereocenters. The Morgan fingerprint density at radius 3 is 2.60 bits per heavy atom. The third-order valence-corrected chi connectivity index (χ3v) is 4.57. The highest BCUT2D eigenvalue weighted by Crippen LogP contribution is 2.33. The predicted octanol–water partition coefficient (Wildman–Crippen LogP) is 2.82. The second kappa shape index (κ2) is 6.72. The molecule has 4 heteroatoms. The van der Waals surface area contributed by atoms with Crippen molar-refractivity contribution in [1.29, 1.82) is 0 Å². The monoisotopic (exact) mass is 278 g/mol. The summed E-state index contributed by atoms with van der Waals surface area (Å²) in [6.07, 6.45) is 7.83. The smallest absolute Gasteiger partial charge is 0.127 e. The average Bonchev–Trinajstić information content (AvgIpc) is 3.10. The summed E-state index contributed by atoms with van der Waals surface area (Å²) in [4.78, 5) is 7.27. The van der Waals surface area contributed by atoms with E-state index in [1.54, 1.807) is 0 Å². The van der Waals surface area contributed by atoms with Crippen LogP contribution < -0.4 is 5.32 Å². The molecule has 0 aromatic carbocycles. The van der Waals surface area contributed by atoms with Gasteiger partial charge in [0.05, 0.1) is 6.04 Å². The van der Waals surface area contributed by atoms with Gasteiger partial charge in [0.1, 0.15) is 5.82 Å². The van der Waals surface area contributed by atoms with Gasteiger partial charge in [-0.25, -0.2) is 4.98 Å². The van der Waals surface area contributed by atoms with Gasteiger partial charge in [0, 0.05) is 24.5 Å². The van der Waals surface area contributed by atoms with Gasteiger partial charge >= 0.3 is 0 Å². The number of hydrogen-bond acceptors (Lipinski definition) is 3. The van der Waals surface area contributed by atoms with Crippen LogP contribution in [0.15, 0.2) is 12.4 Å². The van der Waals surface area contributed by atoms with Gasteiger partial charge in [-0.2, -0.15) is 0 Å². The van der Waals surface area contributed by atoms with Crippen LogP contribution in [0, 0.1) is 0 Å². The van der Waals surface area contributed by atoms with Gasteiger partial charge in [-0.15, -0.1) is 0 Å². The summed E-state index contributed by atoms with van der Waals surface area (Å²) in [5.41, 5.74) is 0.101. The van der Waals surface area contributed by atoms with Gasteiger partial charge in [-0.3, -0.25) is 4.90 Å². The third kappa shape index (κ3) is 3.07. The third-order valence-electron chi connectivity index (χ3n) is 4.57. The lowest BCUT2D eigenvalue weighted by atomic mass is 9.91. The minimum atomic E-state index is 0.101. The van der Waals surface area contributed by atoms with Crippen LogP contribution in [0.25, 0.3) is 0 Å². The lowest BCUT2D eigenvalue weighted by Crippen LogP contribution is -2.52. The van der Waals surface area contributed by atoms with Crippen molar-refractivity contribution in [3.63, 3.8) is 0 Å². The molecule has 0 aliphatic carbocycles. The van der Waals surface area contributed by atoms with Gasteiger partial charge in [-0.05, 0) is 59.7 Å². The fraction of sp³-hybridized carbons (Fsp3) is 0.812. The van der Waals surface area contributed by atoms with Crippen LogP contribution in [0.4, 0.5) is 0 Å². The summed E-state index contributed by atoms with van der Waals surface area (Å²) in [5.74, 6) is 1.18. The quantitative estimate of drug-likeness (QED) is 0.832. The van der Waals surface area contributed by atoms with Crippen molar-refractivity contribution in [2.24, 2.45) is 0 Å². The van der Waals surface area contributed by atoms with Crippen LogP contribution in [-0.2, 0) is 6.54 Å². The number of aryl methyl sites for hydroxylation is 1. The number of rotatable bonds is 7. The van der Waals surface area contributed by atoms with Gasteiger partial charge < -0.3 is 9.88 Å². The highest BCUT2D eigenvalue weighted by atomic mass is 15.3. The first-order valence-electron chi connectivity index (χ1n) is 8.10. The fourth-order valence-corrected chi connectivity index (χ4v) is 3.27. The van der Waals surface area contributed by atoms with E-state index < -0.39 is 0 Å². The minimum absolute atomic E-state index is 0.101. The Hall–Kier alpha value is -0.870. The summed E-state index contributed by atoms with van der Waals surface area (Å²) in [6, 6.07) is 0.287. The van der Waals surface area contributed by atoms with Gasteiger partial charge in [0.2, 0.25) is 0 Å². The molecule has 1 saturated heterocycles. The highest BCUT2D eigenvalue weighted by Gasteiger charge is 2.39. The van der Waals surface area contributed by atoms with Crippen molar-refractivity contribution in [1.82, 2.24) is 19.8 Å². The van der Waals surface area contributed by atoms with Crippen molar-refractivity contribution in [3.05, 3.63) is 18.2 Å². The van der Waals surface area contributed by atoms with E-state index in [1.807, 2.05) is 6.20 Å². The first-order valence-corrected chi connectivity index (χ1v) is 8.10. The second-order valence-corrected chi connectivity index (χ2v) is 6.31. The Balaban J connectivity index is 2.26. The van der Waals surface area contributed by atoms with Crippen LogP contribution in [-0.4, -0.2) is 39.6 Å². The van der Waals surface area contributed by atoms with Crippen molar-refractivity contribution >= 4 is 0 Å². The van der Waals surface area contributed by atoms with Gasteiger partial charge in [0.25, 0.3) is 0 Å². The molecule has 1 N–H and O–H groups in total. The van der Waals surface area contributed by atoms with Crippen LogP contribution in [0.3, 0.4) is 0 Å². The topological polar surface area (TPSA) is 33.1 Å². The molecule has 20 heavy (non-hydrogen) atoms. The maximum atomic E-state index is 4.65. The zero-order valence-electron chi connectivity index (χ0n) is 13.5. The minimum Gasteiger partial charge on any atom is -0.334 e. The van der Waals surface area contributed by atoms with E-state index in [0.29, 0.717) is 0 Å². The van der Waals surface area contributed by atoms with Crippen molar-refractivity contribution in [3.8, 4) is 0 Å². The maximum absolute atomic E-state index is 4.65. The van der Waals surface area contributed by atoms with Crippen LogP contribution in [0.2, 0.25) is 0 Å². The Morgan fingerprint density at radius 2 is 2.00 bits per heavy atom. The molecule has 0 spiro atoms. The summed E-state index contributed by atoms with van der Waals surface area (Å²) in [5, 5.41) is 3.74. The SMILES string of the molecule is CCCNC(c1nccn1CC)C(C)(C)N1CCCC1. The van der Waals surface area contributed by atoms with Gasteiger partial charge in [0.15, 0.2) is 0 Å². The second-order valence-electron chi connectivity index (χ2n) is 6.31. The number of likely N-dealkylation sites (tertiary alicyclic amines) is 1. The molecule has 2 rings (SSSR count). The number of imidazole rings is 1. The molecule has 2 heterocycles. The van der Waals surface area contributed by atoms with E-state index in [1.165, 1.54) is 31.8 Å². The van der Waals surface area contributed by atoms with E-state index in [9.17, 15) is 0 Å². The molecule has 1 fully saturated rings. The molecule has 0 bridgehead atoms. The molecular formula is C16H30N4. The lowest BCUT2D eigenvalue weighted by Gasteiger charge is -2.42. The van der Waals surface area contributed by atoms with Crippen LogP contribution in [0.1, 0.15) is 58.8 Å². The largest absolute Gasteiger partial charge is 0.334 e. The molecule has 114 valence electrons. The summed E-state index contributed by atoms with van der Waals surface area (Å²) in [6.45, 7) is 13.6. The number of nitrogens with zero attached hydrogens (tertiary/aromatic N) is 3. The maximum Gasteiger partial charge on any atom is 0.127 e. The first-order chi connectivity index (χ1) is 9.61. The van der Waals surface area contributed by atoms with E-state index in [4.69, 9.17) is 0 Å². The van der Waals surface area contributed by atoms with Crippen molar-refractivity contribution in [2.45, 2.75) is 65.1 Å². The molecule has 1 atom stereocenters. The Bertz CT molecular complexity index is 404. The Labute approximate surface area is 123 Å². The molecule has 1 aromatic rings. The summed E-state index contributed by atoms with van der Waals surface area (Å²) in [7, 11) is 0. The summed E-state index contributed by atoms with van der Waals surface area (Å²) >= 11 is 0. The summed E-state index contributed by atoms with van der Waals surface area (Å²) < 4.78 is 2.27. The average molecular weight is 278 g/mol. The number of hydrogen-bond donors (Lipinski definition) is 1. The van der Waals surface area contributed by atoms with Crippen LogP contribution in [0.5, 0.6) is 0 Å². The zero-order valence-corrected chi connectivity index (χ0v) is 13.5. The van der Waals surface area contributed by atoms with E-state index in [0.717, 1.165) is 19.5 Å². The van der Waals surface area contributed by atoms with E-state index in [2.05, 4.69) is 53.7 Å². The first kappa shape index (κ1) is 15.5. The molecule has 0 saturated carbocycles. The predicted molar refractivity (Wildman–Crippen MR) is 83.8 cm³/mol. The molecule has 1 aliphatic rings. The molecule has 0 amide bonds. The Kier molecular flexibility index (Phi) is 5.22. The lowest BCUT2D eigenvalue weighted by molar-refractivity contribution is 0.101. The Morgan fingerprint density at radius 1 is 1.30 bits per heavy atom. The zero-order chi connectivity index (χ0) is 14.6. The normalized spacial score (nSPS) is 18.6. The molecule has 1 aromatic heterocycles. The molecule has 1 aliphatic heterocycles. The van der Waals surface area contributed by atoms with E-state index in [-0.39, 0.29) is 11.6 Å².